The Bertz CT molecular complexity index is 1290. The van der Waals surface area contributed by atoms with Gasteiger partial charge in [-0.3, -0.25) is 9.48 Å². The van der Waals surface area contributed by atoms with Crippen LogP contribution in [0.3, 0.4) is 0 Å². The number of halogens is 3. The van der Waals surface area contributed by atoms with Gasteiger partial charge in [-0.1, -0.05) is 53.5 Å². The molecule has 0 aliphatic heterocycles. The van der Waals surface area contributed by atoms with Gasteiger partial charge in [0.15, 0.2) is 5.82 Å². The molecule has 5 nitrogen and oxygen atoms in total. The second kappa shape index (κ2) is 10.1. The van der Waals surface area contributed by atoms with Crippen LogP contribution in [0.4, 0.5) is 10.2 Å². The molecular weight excluding hydrogens is 464 g/mol. The highest BCUT2D eigenvalue weighted by Crippen LogP contribution is 2.23. The van der Waals surface area contributed by atoms with Gasteiger partial charge in [0.1, 0.15) is 23.2 Å². The normalized spacial score (nSPS) is 10.8. The Balaban J connectivity index is 1.37. The highest BCUT2D eigenvalue weighted by atomic mass is 35.5. The van der Waals surface area contributed by atoms with Crippen molar-refractivity contribution in [3.63, 3.8) is 0 Å². The molecule has 1 aromatic heterocycles. The Morgan fingerprint density at radius 2 is 1.82 bits per heavy atom. The molecule has 3 aromatic carbocycles. The number of aryl methyl sites for hydroxylation is 1. The number of carbonyl (C=O) groups is 1. The molecule has 0 saturated heterocycles. The Labute approximate surface area is 200 Å². The second-order valence-corrected chi connectivity index (χ2v) is 8.28. The number of aromatic nitrogens is 2. The molecule has 0 aliphatic rings. The van der Waals surface area contributed by atoms with Crippen molar-refractivity contribution in [1.29, 1.82) is 0 Å². The number of nitrogens with one attached hydrogen (secondary N) is 1. The van der Waals surface area contributed by atoms with Gasteiger partial charge in [0.05, 0.1) is 6.54 Å². The standard InChI is InChI=1S/C25H20Cl2FN3O2/c1-16-12-20(10-11-21(16)26)33-15-17-6-8-18(9-7-17)25(32)29-24-22(27)14-31(30-24)13-19-4-2-3-5-23(19)28/h2-12,14H,13,15H2,1H3,(H,29,30,32). The summed E-state index contributed by atoms with van der Waals surface area (Å²) in [6, 6.07) is 18.9. The van der Waals surface area contributed by atoms with E-state index in [0.29, 0.717) is 22.8 Å². The fourth-order valence-electron chi connectivity index (χ4n) is 3.17. The summed E-state index contributed by atoms with van der Waals surface area (Å²) in [5.41, 5.74) is 2.77. The second-order valence-electron chi connectivity index (χ2n) is 7.47. The molecule has 0 spiro atoms. The fourth-order valence-corrected chi connectivity index (χ4v) is 3.48. The van der Waals surface area contributed by atoms with Crippen LogP contribution in [0.5, 0.6) is 5.75 Å². The number of hydrogen-bond donors (Lipinski definition) is 1. The van der Waals surface area contributed by atoms with Crippen LogP contribution in [0.25, 0.3) is 0 Å². The summed E-state index contributed by atoms with van der Waals surface area (Å²) in [6.07, 6.45) is 1.54. The first-order valence-corrected chi connectivity index (χ1v) is 10.9. The van der Waals surface area contributed by atoms with Crippen molar-refractivity contribution in [3.05, 3.63) is 111 Å². The molecule has 0 saturated carbocycles. The maximum atomic E-state index is 13.9. The van der Waals surface area contributed by atoms with E-state index in [0.717, 1.165) is 16.9 Å². The van der Waals surface area contributed by atoms with Crippen molar-refractivity contribution in [3.8, 4) is 5.75 Å². The minimum Gasteiger partial charge on any atom is -0.489 e. The van der Waals surface area contributed by atoms with Crippen molar-refractivity contribution in [1.82, 2.24) is 9.78 Å². The van der Waals surface area contributed by atoms with Crippen LogP contribution >= 0.6 is 23.2 Å². The first-order valence-electron chi connectivity index (χ1n) is 10.1. The quantitative estimate of drug-likeness (QED) is 0.325. The third-order valence-electron chi connectivity index (χ3n) is 4.99. The van der Waals surface area contributed by atoms with E-state index in [1.165, 1.54) is 10.7 Å². The lowest BCUT2D eigenvalue weighted by Gasteiger charge is -2.09. The van der Waals surface area contributed by atoms with Gasteiger partial charge in [-0.25, -0.2) is 4.39 Å². The summed E-state index contributed by atoms with van der Waals surface area (Å²) in [6.45, 7) is 2.47. The molecule has 1 amide bonds. The Morgan fingerprint density at radius 1 is 1.06 bits per heavy atom. The summed E-state index contributed by atoms with van der Waals surface area (Å²) < 4.78 is 21.1. The smallest absolute Gasteiger partial charge is 0.256 e. The van der Waals surface area contributed by atoms with E-state index in [9.17, 15) is 9.18 Å². The van der Waals surface area contributed by atoms with Crippen LogP contribution in [0, 0.1) is 12.7 Å². The molecule has 8 heteroatoms. The third kappa shape index (κ3) is 5.72. The Morgan fingerprint density at radius 3 is 2.55 bits per heavy atom. The van der Waals surface area contributed by atoms with Crippen LogP contribution in [-0.4, -0.2) is 15.7 Å². The van der Waals surface area contributed by atoms with E-state index in [4.69, 9.17) is 27.9 Å². The van der Waals surface area contributed by atoms with Gasteiger partial charge < -0.3 is 10.1 Å². The number of anilines is 1. The predicted molar refractivity (Wildman–Crippen MR) is 128 cm³/mol. The summed E-state index contributed by atoms with van der Waals surface area (Å²) in [5, 5.41) is 7.91. The van der Waals surface area contributed by atoms with E-state index < -0.39 is 0 Å². The molecule has 4 rings (SSSR count). The minimum atomic E-state index is -0.353. The third-order valence-corrected chi connectivity index (χ3v) is 5.69. The molecule has 0 unspecified atom stereocenters. The molecule has 1 heterocycles. The lowest BCUT2D eigenvalue weighted by atomic mass is 10.1. The van der Waals surface area contributed by atoms with Crippen molar-refractivity contribution < 1.29 is 13.9 Å². The van der Waals surface area contributed by atoms with E-state index >= 15 is 0 Å². The fraction of sp³-hybridized carbons (Fsp3) is 0.120. The molecule has 168 valence electrons. The number of amides is 1. The highest BCUT2D eigenvalue weighted by molar-refractivity contribution is 6.33. The number of ether oxygens (including phenoxy) is 1. The van der Waals surface area contributed by atoms with Crippen molar-refractivity contribution >= 4 is 34.9 Å². The van der Waals surface area contributed by atoms with Crippen LogP contribution in [0.2, 0.25) is 10.0 Å². The summed E-state index contributed by atoms with van der Waals surface area (Å²) in [5.74, 6) is 0.252. The van der Waals surface area contributed by atoms with Gasteiger partial charge in [0.2, 0.25) is 0 Å². The average Bonchev–Trinajstić information content (AvgIpc) is 3.15. The zero-order valence-corrected chi connectivity index (χ0v) is 19.2. The van der Waals surface area contributed by atoms with Gasteiger partial charge >= 0.3 is 0 Å². The van der Waals surface area contributed by atoms with E-state index in [1.54, 1.807) is 42.6 Å². The molecular formula is C25H20Cl2FN3O2. The van der Waals surface area contributed by atoms with Crippen molar-refractivity contribution in [2.45, 2.75) is 20.1 Å². The molecule has 0 radical (unpaired) electrons. The van der Waals surface area contributed by atoms with Gasteiger partial charge in [0, 0.05) is 22.3 Å². The number of rotatable bonds is 7. The molecule has 0 atom stereocenters. The maximum absolute atomic E-state index is 13.9. The molecule has 0 aliphatic carbocycles. The predicted octanol–water partition coefficient (Wildman–Crippen LogP) is 6.52. The van der Waals surface area contributed by atoms with E-state index in [-0.39, 0.29) is 29.1 Å². The number of nitrogens with zero attached hydrogens (tertiary/aromatic N) is 2. The first kappa shape index (κ1) is 22.8. The van der Waals surface area contributed by atoms with Gasteiger partial charge in [-0.2, -0.15) is 5.10 Å². The minimum absolute atomic E-state index is 0.199. The maximum Gasteiger partial charge on any atom is 0.256 e. The van der Waals surface area contributed by atoms with Crippen LogP contribution in [-0.2, 0) is 13.2 Å². The number of benzene rings is 3. The molecule has 0 fully saturated rings. The molecule has 1 N–H and O–H groups in total. The van der Waals surface area contributed by atoms with Gasteiger partial charge in [-0.15, -0.1) is 0 Å². The van der Waals surface area contributed by atoms with Gasteiger partial charge in [-0.05, 0) is 54.4 Å². The lowest BCUT2D eigenvalue weighted by molar-refractivity contribution is 0.102. The highest BCUT2D eigenvalue weighted by Gasteiger charge is 2.13. The number of hydrogen-bond acceptors (Lipinski definition) is 3. The molecule has 33 heavy (non-hydrogen) atoms. The zero-order valence-electron chi connectivity index (χ0n) is 17.7. The number of carbonyl (C=O) groups excluding carboxylic acids is 1. The van der Waals surface area contributed by atoms with Crippen molar-refractivity contribution in [2.24, 2.45) is 0 Å². The van der Waals surface area contributed by atoms with Crippen LogP contribution in [0.1, 0.15) is 27.0 Å². The first-order chi connectivity index (χ1) is 15.9. The van der Waals surface area contributed by atoms with E-state index in [1.807, 2.05) is 31.2 Å². The summed E-state index contributed by atoms with van der Waals surface area (Å²) in [4.78, 5) is 12.6. The Hall–Kier alpha value is -3.35. The zero-order chi connectivity index (χ0) is 23.4. The topological polar surface area (TPSA) is 56.1 Å². The SMILES string of the molecule is Cc1cc(OCc2ccc(C(=O)Nc3nn(Cc4ccccc4F)cc3Cl)cc2)ccc1Cl. The summed E-state index contributed by atoms with van der Waals surface area (Å²) in [7, 11) is 0. The largest absolute Gasteiger partial charge is 0.489 e. The van der Waals surface area contributed by atoms with Crippen LogP contribution < -0.4 is 10.1 Å². The van der Waals surface area contributed by atoms with Gasteiger partial charge in [0.25, 0.3) is 5.91 Å². The Kier molecular flexibility index (Phi) is 6.96. The molecule has 0 bridgehead atoms. The van der Waals surface area contributed by atoms with Crippen molar-refractivity contribution in [2.75, 3.05) is 5.32 Å². The average molecular weight is 484 g/mol. The van der Waals surface area contributed by atoms with Crippen LogP contribution in [0.15, 0.2) is 72.9 Å². The monoisotopic (exact) mass is 483 g/mol. The lowest BCUT2D eigenvalue weighted by Crippen LogP contribution is -2.13. The van der Waals surface area contributed by atoms with E-state index in [2.05, 4.69) is 10.4 Å². The summed E-state index contributed by atoms with van der Waals surface area (Å²) >= 11 is 12.2. The molecule has 4 aromatic rings.